The maximum Gasteiger partial charge on any atom is 0.123 e. The van der Waals surface area contributed by atoms with Gasteiger partial charge in [0, 0.05) is 16.6 Å². The number of benzene rings is 1. The summed E-state index contributed by atoms with van der Waals surface area (Å²) < 4.78 is 13.4. The summed E-state index contributed by atoms with van der Waals surface area (Å²) in [6.45, 7) is 6.52. The summed E-state index contributed by atoms with van der Waals surface area (Å²) in [6.07, 6.45) is 3.06. The molecule has 20 heavy (non-hydrogen) atoms. The standard InChI is InChI=1S/C15H23ClFN3/c1-15(2,20-7-3-4-8-20)14(19-18)10-11-9-12(17)5-6-13(11)16/h5-6,9,14,19H,3-4,7-8,10,18H2,1-2H3. The van der Waals surface area contributed by atoms with Crippen LogP contribution in [-0.2, 0) is 6.42 Å². The van der Waals surface area contributed by atoms with Crippen LogP contribution in [0.15, 0.2) is 18.2 Å². The van der Waals surface area contributed by atoms with Crippen LogP contribution >= 0.6 is 11.6 Å². The predicted octanol–water partition coefficient (Wildman–Crippen LogP) is 2.73. The summed E-state index contributed by atoms with van der Waals surface area (Å²) in [5.74, 6) is 5.48. The van der Waals surface area contributed by atoms with Crippen molar-refractivity contribution in [3.05, 3.63) is 34.6 Å². The first-order valence-electron chi connectivity index (χ1n) is 7.10. The molecule has 0 spiro atoms. The molecule has 5 heteroatoms. The van der Waals surface area contributed by atoms with Gasteiger partial charge < -0.3 is 0 Å². The van der Waals surface area contributed by atoms with Gasteiger partial charge in [-0.3, -0.25) is 16.2 Å². The third-order valence-corrected chi connectivity index (χ3v) is 4.78. The Bertz CT molecular complexity index is 458. The van der Waals surface area contributed by atoms with Crippen LogP contribution in [0.5, 0.6) is 0 Å². The molecule has 1 aromatic carbocycles. The number of nitrogens with zero attached hydrogens (tertiary/aromatic N) is 1. The van der Waals surface area contributed by atoms with Crippen LogP contribution in [-0.4, -0.2) is 29.6 Å². The molecule has 3 N–H and O–H groups in total. The van der Waals surface area contributed by atoms with Crippen molar-refractivity contribution >= 4 is 11.6 Å². The molecule has 0 radical (unpaired) electrons. The van der Waals surface area contributed by atoms with Gasteiger partial charge in [0.25, 0.3) is 0 Å². The fraction of sp³-hybridized carbons (Fsp3) is 0.600. The molecule has 3 nitrogen and oxygen atoms in total. The average Bonchev–Trinajstić information content (AvgIpc) is 2.94. The molecule has 0 aliphatic carbocycles. The van der Waals surface area contributed by atoms with Crippen molar-refractivity contribution in [2.24, 2.45) is 5.84 Å². The highest BCUT2D eigenvalue weighted by Gasteiger charge is 2.36. The zero-order valence-corrected chi connectivity index (χ0v) is 12.9. The van der Waals surface area contributed by atoms with Crippen LogP contribution in [0.3, 0.4) is 0 Å². The normalized spacial score (nSPS) is 18.4. The number of halogens is 2. The van der Waals surface area contributed by atoms with Gasteiger partial charge in [-0.1, -0.05) is 11.6 Å². The van der Waals surface area contributed by atoms with Crippen molar-refractivity contribution in [3.8, 4) is 0 Å². The van der Waals surface area contributed by atoms with Crippen molar-refractivity contribution < 1.29 is 4.39 Å². The van der Waals surface area contributed by atoms with Gasteiger partial charge in [-0.2, -0.15) is 0 Å². The summed E-state index contributed by atoms with van der Waals surface area (Å²) in [7, 11) is 0. The van der Waals surface area contributed by atoms with Gasteiger partial charge in [-0.15, -0.1) is 0 Å². The van der Waals surface area contributed by atoms with Crippen molar-refractivity contribution in [1.82, 2.24) is 10.3 Å². The Balaban J connectivity index is 2.17. The molecule has 1 aliphatic rings. The number of hydrogen-bond donors (Lipinski definition) is 2. The molecular formula is C15H23ClFN3. The molecular weight excluding hydrogens is 277 g/mol. The molecule has 1 unspecified atom stereocenters. The molecule has 1 saturated heterocycles. The quantitative estimate of drug-likeness (QED) is 0.649. The average molecular weight is 300 g/mol. The summed E-state index contributed by atoms with van der Waals surface area (Å²) in [5.41, 5.74) is 3.59. The van der Waals surface area contributed by atoms with E-state index in [9.17, 15) is 4.39 Å². The van der Waals surface area contributed by atoms with Gasteiger partial charge in [-0.25, -0.2) is 4.39 Å². The second-order valence-corrected chi connectivity index (χ2v) is 6.41. The molecule has 0 saturated carbocycles. The largest absolute Gasteiger partial charge is 0.297 e. The van der Waals surface area contributed by atoms with Gasteiger partial charge in [0.05, 0.1) is 0 Å². The van der Waals surface area contributed by atoms with Gasteiger partial charge in [-0.05, 0) is 70.0 Å². The first-order chi connectivity index (χ1) is 9.45. The zero-order valence-electron chi connectivity index (χ0n) is 12.1. The van der Waals surface area contributed by atoms with Gasteiger partial charge in [0.2, 0.25) is 0 Å². The second kappa shape index (κ2) is 6.39. The molecule has 1 fully saturated rings. The number of hydrogen-bond acceptors (Lipinski definition) is 3. The van der Waals surface area contributed by atoms with E-state index in [1.807, 2.05) is 0 Å². The van der Waals surface area contributed by atoms with Crippen LogP contribution in [0.25, 0.3) is 0 Å². The fourth-order valence-corrected chi connectivity index (χ4v) is 3.14. The van der Waals surface area contributed by atoms with Gasteiger partial charge >= 0.3 is 0 Å². The predicted molar refractivity (Wildman–Crippen MR) is 81.1 cm³/mol. The van der Waals surface area contributed by atoms with Crippen molar-refractivity contribution in [2.75, 3.05) is 13.1 Å². The smallest absolute Gasteiger partial charge is 0.123 e. The minimum atomic E-state index is -0.265. The van der Waals surface area contributed by atoms with Crippen molar-refractivity contribution in [2.45, 2.75) is 44.7 Å². The van der Waals surface area contributed by atoms with E-state index in [4.69, 9.17) is 17.4 Å². The zero-order chi connectivity index (χ0) is 14.8. The van der Waals surface area contributed by atoms with E-state index in [1.54, 1.807) is 6.07 Å². The summed E-state index contributed by atoms with van der Waals surface area (Å²) in [6, 6.07) is 4.48. The number of nitrogens with one attached hydrogen (secondary N) is 1. The third-order valence-electron chi connectivity index (χ3n) is 4.41. The van der Waals surface area contributed by atoms with Crippen LogP contribution in [0.4, 0.5) is 4.39 Å². The third kappa shape index (κ3) is 3.31. The Kier molecular flexibility index (Phi) is 5.02. The molecule has 0 aromatic heterocycles. The monoisotopic (exact) mass is 299 g/mol. The molecule has 1 atom stereocenters. The Hall–Kier alpha value is -0.680. The second-order valence-electron chi connectivity index (χ2n) is 6.01. The molecule has 1 heterocycles. The highest BCUT2D eigenvalue weighted by molar-refractivity contribution is 6.31. The van der Waals surface area contributed by atoms with E-state index < -0.39 is 0 Å². The van der Waals surface area contributed by atoms with Crippen molar-refractivity contribution in [3.63, 3.8) is 0 Å². The van der Waals surface area contributed by atoms with E-state index >= 15 is 0 Å². The minimum Gasteiger partial charge on any atom is -0.297 e. The maximum absolute atomic E-state index is 13.4. The number of likely N-dealkylation sites (tertiary alicyclic amines) is 1. The molecule has 2 rings (SSSR count). The Morgan fingerprint density at radius 1 is 1.40 bits per heavy atom. The summed E-state index contributed by atoms with van der Waals surface area (Å²) in [4.78, 5) is 2.44. The van der Waals surface area contributed by atoms with Crippen LogP contribution in [0, 0.1) is 5.82 Å². The number of hydrazine groups is 1. The molecule has 112 valence electrons. The summed E-state index contributed by atoms with van der Waals surface area (Å²) in [5, 5.41) is 0.587. The highest BCUT2D eigenvalue weighted by atomic mass is 35.5. The van der Waals surface area contributed by atoms with Crippen LogP contribution in [0.2, 0.25) is 5.02 Å². The van der Waals surface area contributed by atoms with E-state index in [2.05, 4.69) is 24.2 Å². The van der Waals surface area contributed by atoms with E-state index in [0.717, 1.165) is 18.7 Å². The Morgan fingerprint density at radius 2 is 2.05 bits per heavy atom. The lowest BCUT2D eigenvalue weighted by Crippen LogP contribution is -2.59. The molecule has 1 aromatic rings. The topological polar surface area (TPSA) is 41.3 Å². The highest BCUT2D eigenvalue weighted by Crippen LogP contribution is 2.28. The Labute approximate surface area is 125 Å². The molecule has 0 amide bonds. The fourth-order valence-electron chi connectivity index (χ4n) is 2.95. The van der Waals surface area contributed by atoms with Crippen LogP contribution in [0.1, 0.15) is 32.3 Å². The van der Waals surface area contributed by atoms with E-state index in [1.165, 1.54) is 25.0 Å². The lowest BCUT2D eigenvalue weighted by atomic mass is 9.88. The maximum atomic E-state index is 13.4. The Morgan fingerprint density at radius 3 is 2.65 bits per heavy atom. The lowest BCUT2D eigenvalue weighted by Gasteiger charge is -2.42. The molecule has 1 aliphatic heterocycles. The van der Waals surface area contributed by atoms with Crippen molar-refractivity contribution in [1.29, 1.82) is 0 Å². The van der Waals surface area contributed by atoms with Crippen LogP contribution < -0.4 is 11.3 Å². The lowest BCUT2D eigenvalue weighted by molar-refractivity contribution is 0.106. The summed E-state index contributed by atoms with van der Waals surface area (Å²) >= 11 is 6.16. The molecule has 0 bridgehead atoms. The van der Waals surface area contributed by atoms with E-state index in [-0.39, 0.29) is 17.4 Å². The van der Waals surface area contributed by atoms with Gasteiger partial charge in [0.15, 0.2) is 0 Å². The minimum absolute atomic E-state index is 0.0138. The first kappa shape index (κ1) is 15.7. The number of rotatable bonds is 5. The number of nitrogens with two attached hydrogens (primary N) is 1. The SMILES string of the molecule is CC(C)(C(Cc1cc(F)ccc1Cl)NN)N1CCCC1. The van der Waals surface area contributed by atoms with Gasteiger partial charge in [0.1, 0.15) is 5.82 Å². The first-order valence-corrected chi connectivity index (χ1v) is 7.48. The van der Waals surface area contributed by atoms with E-state index in [0.29, 0.717) is 11.4 Å².